The van der Waals surface area contributed by atoms with E-state index in [1.807, 2.05) is 0 Å². The number of phenols is 2. The highest BCUT2D eigenvalue weighted by Crippen LogP contribution is 2.13. The van der Waals surface area contributed by atoms with Gasteiger partial charge < -0.3 is 42.7 Å². The van der Waals surface area contributed by atoms with E-state index in [2.05, 4.69) is 16.0 Å². The fourth-order valence-corrected chi connectivity index (χ4v) is 3.93. The van der Waals surface area contributed by atoms with Gasteiger partial charge in [-0.25, -0.2) is 4.79 Å². The van der Waals surface area contributed by atoms with E-state index < -0.39 is 59.7 Å². The molecule has 13 nitrogen and oxygen atoms in total. The smallest absolute Gasteiger partial charge is 0.326 e. The van der Waals surface area contributed by atoms with Gasteiger partial charge in [-0.15, -0.1) is 0 Å². The van der Waals surface area contributed by atoms with Crippen molar-refractivity contribution in [2.45, 2.75) is 63.7 Å². The maximum atomic E-state index is 13.2. The van der Waals surface area contributed by atoms with Crippen LogP contribution in [0, 0.1) is 5.92 Å². The van der Waals surface area contributed by atoms with E-state index in [4.69, 9.17) is 11.5 Å². The third-order valence-corrected chi connectivity index (χ3v) is 6.28. The largest absolute Gasteiger partial charge is 0.508 e. The third kappa shape index (κ3) is 10.8. The van der Waals surface area contributed by atoms with Crippen LogP contribution in [0.4, 0.5) is 0 Å². The zero-order valence-electron chi connectivity index (χ0n) is 22.9. The Bertz CT molecular complexity index is 1220. The van der Waals surface area contributed by atoms with E-state index in [0.29, 0.717) is 11.1 Å². The van der Waals surface area contributed by atoms with E-state index in [1.165, 1.54) is 36.4 Å². The quantitative estimate of drug-likeness (QED) is 0.140. The molecule has 10 N–H and O–H groups in total. The van der Waals surface area contributed by atoms with E-state index >= 15 is 0 Å². The van der Waals surface area contributed by atoms with Gasteiger partial charge in [0.1, 0.15) is 29.6 Å². The van der Waals surface area contributed by atoms with Crippen LogP contribution in [-0.4, -0.2) is 69.1 Å². The number of carbonyl (C=O) groups excluding carboxylic acids is 4. The average molecular weight is 572 g/mol. The van der Waals surface area contributed by atoms with E-state index in [0.717, 1.165) is 0 Å². The number of primary amides is 1. The second-order valence-corrected chi connectivity index (χ2v) is 10.0. The van der Waals surface area contributed by atoms with E-state index in [9.17, 15) is 39.3 Å². The molecule has 0 aliphatic heterocycles. The summed E-state index contributed by atoms with van der Waals surface area (Å²) in [4.78, 5) is 62.4. The summed E-state index contributed by atoms with van der Waals surface area (Å²) < 4.78 is 0. The molecular weight excluding hydrogens is 534 g/mol. The molecule has 2 aromatic rings. The Hall–Kier alpha value is -4.65. The van der Waals surface area contributed by atoms with Crippen LogP contribution >= 0.6 is 0 Å². The zero-order chi connectivity index (χ0) is 30.7. The van der Waals surface area contributed by atoms with Crippen LogP contribution in [0.5, 0.6) is 11.5 Å². The number of hydrogen-bond donors (Lipinski definition) is 8. The molecule has 0 spiro atoms. The maximum absolute atomic E-state index is 13.2. The number of nitrogens with two attached hydrogens (primary N) is 2. The van der Waals surface area contributed by atoms with Gasteiger partial charge in [-0.3, -0.25) is 19.2 Å². The van der Waals surface area contributed by atoms with Crippen molar-refractivity contribution in [3.63, 3.8) is 0 Å². The van der Waals surface area contributed by atoms with Crippen molar-refractivity contribution in [1.29, 1.82) is 0 Å². The lowest BCUT2D eigenvalue weighted by Crippen LogP contribution is -2.58. The monoisotopic (exact) mass is 571 g/mol. The third-order valence-electron chi connectivity index (χ3n) is 6.28. The lowest BCUT2D eigenvalue weighted by atomic mass is 10.00. The van der Waals surface area contributed by atoms with Gasteiger partial charge in [0, 0.05) is 12.8 Å². The molecule has 2 rings (SSSR count). The number of carboxylic acids is 1. The standard InChI is InChI=1S/C28H37N5O8/c1-15(2)24(33-25(37)20(29)13-16-3-7-18(34)8-4-16)27(39)31-21(11-12-23(30)36)26(38)32-22(28(40)41)14-17-5-9-19(35)10-6-17/h3-10,15,20-22,24,34-35H,11-14,29H2,1-2H3,(H2,30,36)(H,31,39)(H,32,38)(H,33,37)(H,40,41). The first kappa shape index (κ1) is 32.6. The van der Waals surface area contributed by atoms with Crippen molar-refractivity contribution in [3.8, 4) is 11.5 Å². The summed E-state index contributed by atoms with van der Waals surface area (Å²) in [7, 11) is 0. The number of amides is 4. The lowest BCUT2D eigenvalue weighted by molar-refractivity contribution is -0.142. The predicted molar refractivity (Wildman–Crippen MR) is 148 cm³/mol. The number of carbonyl (C=O) groups is 5. The molecule has 4 atom stereocenters. The minimum atomic E-state index is -1.38. The van der Waals surface area contributed by atoms with Gasteiger partial charge >= 0.3 is 5.97 Å². The molecule has 0 fully saturated rings. The number of phenolic OH excluding ortho intramolecular Hbond substituents is 2. The molecule has 0 bridgehead atoms. The van der Waals surface area contributed by atoms with Crippen molar-refractivity contribution in [3.05, 3.63) is 59.7 Å². The maximum Gasteiger partial charge on any atom is 0.326 e. The number of rotatable bonds is 15. The fraction of sp³-hybridized carbons (Fsp3) is 0.393. The molecule has 2 aromatic carbocycles. The molecule has 0 aromatic heterocycles. The predicted octanol–water partition coefficient (Wildman–Crippen LogP) is -0.329. The Morgan fingerprint density at radius 1 is 0.732 bits per heavy atom. The summed E-state index contributed by atoms with van der Waals surface area (Å²) in [6.45, 7) is 3.35. The average Bonchev–Trinajstić information content (AvgIpc) is 2.90. The SMILES string of the molecule is CC(C)C(NC(=O)C(N)Cc1ccc(O)cc1)C(=O)NC(CCC(N)=O)C(=O)NC(Cc1ccc(O)cc1)C(=O)O. The van der Waals surface area contributed by atoms with Gasteiger partial charge in [-0.2, -0.15) is 0 Å². The van der Waals surface area contributed by atoms with Crippen LogP contribution in [0.2, 0.25) is 0 Å². The number of hydrogen-bond acceptors (Lipinski definition) is 8. The summed E-state index contributed by atoms with van der Waals surface area (Å²) in [6.07, 6.45) is -0.455. The van der Waals surface area contributed by atoms with Gasteiger partial charge in [-0.05, 0) is 54.2 Å². The highest BCUT2D eigenvalue weighted by atomic mass is 16.4. The number of aromatic hydroxyl groups is 2. The topological polar surface area (TPSA) is 234 Å². The molecule has 0 aliphatic rings. The molecule has 13 heteroatoms. The molecule has 0 saturated carbocycles. The van der Waals surface area contributed by atoms with Crippen LogP contribution in [0.25, 0.3) is 0 Å². The highest BCUT2D eigenvalue weighted by molar-refractivity contribution is 5.94. The van der Waals surface area contributed by atoms with E-state index in [-0.39, 0.29) is 37.2 Å². The summed E-state index contributed by atoms with van der Waals surface area (Å²) in [5.41, 5.74) is 12.5. The Morgan fingerprint density at radius 2 is 1.22 bits per heavy atom. The van der Waals surface area contributed by atoms with Gasteiger partial charge in [0.15, 0.2) is 0 Å². The van der Waals surface area contributed by atoms with Crippen LogP contribution in [0.1, 0.15) is 37.8 Å². The summed E-state index contributed by atoms with van der Waals surface area (Å²) in [5.74, 6) is -4.65. The van der Waals surface area contributed by atoms with Crippen molar-refractivity contribution < 1.29 is 39.3 Å². The van der Waals surface area contributed by atoms with Crippen molar-refractivity contribution in [2.24, 2.45) is 17.4 Å². The van der Waals surface area contributed by atoms with Crippen LogP contribution < -0.4 is 27.4 Å². The minimum Gasteiger partial charge on any atom is -0.508 e. The van der Waals surface area contributed by atoms with Crippen molar-refractivity contribution in [1.82, 2.24) is 16.0 Å². The highest BCUT2D eigenvalue weighted by Gasteiger charge is 2.32. The van der Waals surface area contributed by atoms with Crippen molar-refractivity contribution in [2.75, 3.05) is 0 Å². The number of nitrogens with one attached hydrogen (secondary N) is 3. The first-order chi connectivity index (χ1) is 19.3. The molecule has 0 heterocycles. The first-order valence-electron chi connectivity index (χ1n) is 13.0. The minimum absolute atomic E-state index is 0.00741. The van der Waals surface area contributed by atoms with E-state index in [1.54, 1.807) is 26.0 Å². The second-order valence-electron chi connectivity index (χ2n) is 10.0. The zero-order valence-corrected chi connectivity index (χ0v) is 22.9. The van der Waals surface area contributed by atoms with Crippen LogP contribution in [0.15, 0.2) is 48.5 Å². The number of benzene rings is 2. The molecular formula is C28H37N5O8. The van der Waals surface area contributed by atoms with Gasteiger partial charge in [0.25, 0.3) is 0 Å². The van der Waals surface area contributed by atoms with Crippen LogP contribution in [0.3, 0.4) is 0 Å². The Morgan fingerprint density at radius 3 is 1.68 bits per heavy atom. The Kier molecular flexibility index (Phi) is 12.1. The van der Waals surface area contributed by atoms with Crippen LogP contribution in [-0.2, 0) is 36.8 Å². The molecule has 222 valence electrons. The Balaban J connectivity index is 2.12. The molecule has 0 saturated heterocycles. The molecule has 41 heavy (non-hydrogen) atoms. The van der Waals surface area contributed by atoms with Gasteiger partial charge in [-0.1, -0.05) is 38.1 Å². The van der Waals surface area contributed by atoms with Gasteiger partial charge in [0.05, 0.1) is 6.04 Å². The molecule has 4 amide bonds. The first-order valence-corrected chi connectivity index (χ1v) is 13.0. The summed E-state index contributed by atoms with van der Waals surface area (Å²) in [5, 5.41) is 36.0. The second kappa shape index (κ2) is 15.2. The van der Waals surface area contributed by atoms with Gasteiger partial charge in [0.2, 0.25) is 23.6 Å². The number of carboxylic acid groups (broad SMARTS) is 1. The summed E-state index contributed by atoms with van der Waals surface area (Å²) in [6, 6.07) is 7.08. The fourth-order valence-electron chi connectivity index (χ4n) is 3.93. The Labute approximate surface area is 237 Å². The van der Waals surface area contributed by atoms with Crippen molar-refractivity contribution >= 4 is 29.6 Å². The molecule has 4 unspecified atom stereocenters. The molecule has 0 aliphatic carbocycles. The number of aliphatic carboxylic acids is 1. The normalized spacial score (nSPS) is 13.9. The molecule has 0 radical (unpaired) electrons. The summed E-state index contributed by atoms with van der Waals surface area (Å²) >= 11 is 0. The lowest BCUT2D eigenvalue weighted by Gasteiger charge is -2.27.